The van der Waals surface area contributed by atoms with Crippen LogP contribution in [-0.2, 0) is 15.6 Å². The van der Waals surface area contributed by atoms with Crippen LogP contribution in [-0.4, -0.2) is 32.1 Å². The zero-order valence-corrected chi connectivity index (χ0v) is 12.0. The SMILES string of the molecule is CS(=O)(=O)CCSCc1cc(C(=O)NN)ccc1F. The molecule has 0 aliphatic heterocycles. The average Bonchev–Trinajstić information content (AvgIpc) is 2.34. The van der Waals surface area contributed by atoms with E-state index in [1.807, 2.05) is 5.43 Å². The van der Waals surface area contributed by atoms with Crippen LogP contribution < -0.4 is 11.3 Å². The topological polar surface area (TPSA) is 89.3 Å². The van der Waals surface area contributed by atoms with Crippen LogP contribution in [0.4, 0.5) is 4.39 Å². The molecule has 1 rings (SSSR count). The van der Waals surface area contributed by atoms with Crippen molar-refractivity contribution in [3.05, 3.63) is 35.1 Å². The summed E-state index contributed by atoms with van der Waals surface area (Å²) in [5, 5.41) is 0. The van der Waals surface area contributed by atoms with Gasteiger partial charge in [-0.3, -0.25) is 10.2 Å². The lowest BCUT2D eigenvalue weighted by Crippen LogP contribution is -2.30. The quantitative estimate of drug-likeness (QED) is 0.350. The highest BCUT2D eigenvalue weighted by atomic mass is 32.2. The van der Waals surface area contributed by atoms with E-state index in [9.17, 15) is 17.6 Å². The lowest BCUT2D eigenvalue weighted by atomic mass is 10.1. The number of nitrogen functional groups attached to an aromatic ring is 1. The Kier molecular flexibility index (Phi) is 5.77. The predicted octanol–water partition coefficient (Wildman–Crippen LogP) is 0.707. The Hall–Kier alpha value is -1.12. The molecule has 19 heavy (non-hydrogen) atoms. The molecule has 0 saturated heterocycles. The number of nitrogens with two attached hydrogens (primary N) is 1. The number of thioether (sulfide) groups is 1. The summed E-state index contributed by atoms with van der Waals surface area (Å²) in [5.41, 5.74) is 2.58. The fourth-order valence-corrected chi connectivity index (χ4v) is 3.57. The van der Waals surface area contributed by atoms with E-state index in [1.54, 1.807) is 0 Å². The minimum absolute atomic E-state index is 0.0439. The van der Waals surface area contributed by atoms with Crippen LogP contribution in [0.1, 0.15) is 15.9 Å². The number of halogens is 1. The van der Waals surface area contributed by atoms with E-state index in [4.69, 9.17) is 5.84 Å². The van der Waals surface area contributed by atoms with E-state index in [0.29, 0.717) is 17.1 Å². The minimum atomic E-state index is -3.01. The van der Waals surface area contributed by atoms with Gasteiger partial charge in [0, 0.05) is 23.3 Å². The molecule has 1 aromatic rings. The van der Waals surface area contributed by atoms with Crippen molar-refractivity contribution in [1.82, 2.24) is 5.43 Å². The lowest BCUT2D eigenvalue weighted by Gasteiger charge is -2.06. The highest BCUT2D eigenvalue weighted by molar-refractivity contribution is 7.99. The Bertz CT molecular complexity index is 561. The molecule has 0 fully saturated rings. The van der Waals surface area contributed by atoms with Gasteiger partial charge in [0.2, 0.25) is 0 Å². The summed E-state index contributed by atoms with van der Waals surface area (Å²) in [5.74, 6) is 4.79. The minimum Gasteiger partial charge on any atom is -0.290 e. The molecular formula is C11H15FN2O3S2. The van der Waals surface area contributed by atoms with Gasteiger partial charge >= 0.3 is 0 Å². The average molecular weight is 306 g/mol. The Balaban J connectivity index is 2.65. The molecule has 0 radical (unpaired) electrons. The number of carbonyl (C=O) groups excluding carboxylic acids is 1. The molecule has 0 aromatic heterocycles. The predicted molar refractivity (Wildman–Crippen MR) is 73.9 cm³/mol. The molecule has 5 nitrogen and oxygen atoms in total. The van der Waals surface area contributed by atoms with Gasteiger partial charge in [-0.2, -0.15) is 11.8 Å². The molecule has 0 heterocycles. The van der Waals surface area contributed by atoms with Crippen molar-refractivity contribution in [1.29, 1.82) is 0 Å². The van der Waals surface area contributed by atoms with E-state index in [-0.39, 0.29) is 11.3 Å². The third-order valence-corrected chi connectivity index (χ3v) is 4.51. The molecule has 1 aromatic carbocycles. The second-order valence-electron chi connectivity index (χ2n) is 3.96. The molecule has 8 heteroatoms. The summed E-state index contributed by atoms with van der Waals surface area (Å²) in [6.07, 6.45) is 1.15. The summed E-state index contributed by atoms with van der Waals surface area (Å²) in [6, 6.07) is 3.93. The van der Waals surface area contributed by atoms with Crippen LogP contribution >= 0.6 is 11.8 Å². The second kappa shape index (κ2) is 6.88. The lowest BCUT2D eigenvalue weighted by molar-refractivity contribution is 0.0953. The highest BCUT2D eigenvalue weighted by Gasteiger charge is 2.09. The molecule has 0 spiro atoms. The van der Waals surface area contributed by atoms with Crippen molar-refractivity contribution >= 4 is 27.5 Å². The molecule has 3 N–H and O–H groups in total. The van der Waals surface area contributed by atoms with Crippen molar-refractivity contribution in [3.8, 4) is 0 Å². The number of hydrazine groups is 1. The van der Waals surface area contributed by atoms with E-state index >= 15 is 0 Å². The summed E-state index contributed by atoms with van der Waals surface area (Å²) in [6.45, 7) is 0. The largest absolute Gasteiger partial charge is 0.290 e. The molecule has 1 amide bonds. The number of hydrogen-bond donors (Lipinski definition) is 2. The first-order valence-corrected chi connectivity index (χ1v) is 8.60. The number of carbonyl (C=O) groups is 1. The van der Waals surface area contributed by atoms with Gasteiger partial charge in [-0.05, 0) is 23.8 Å². The number of sulfone groups is 1. The van der Waals surface area contributed by atoms with Crippen LogP contribution in [0.15, 0.2) is 18.2 Å². The number of rotatable bonds is 6. The molecule has 0 aliphatic carbocycles. The van der Waals surface area contributed by atoms with Gasteiger partial charge in [0.1, 0.15) is 15.7 Å². The monoisotopic (exact) mass is 306 g/mol. The van der Waals surface area contributed by atoms with E-state index < -0.39 is 21.6 Å². The third-order valence-electron chi connectivity index (χ3n) is 2.30. The van der Waals surface area contributed by atoms with Crippen LogP contribution in [0.3, 0.4) is 0 Å². The first kappa shape index (κ1) is 15.9. The molecule has 106 valence electrons. The maximum Gasteiger partial charge on any atom is 0.265 e. The molecule has 0 unspecified atom stereocenters. The highest BCUT2D eigenvalue weighted by Crippen LogP contribution is 2.17. The van der Waals surface area contributed by atoms with Crippen molar-refractivity contribution in [3.63, 3.8) is 0 Å². The molecular weight excluding hydrogens is 291 g/mol. The van der Waals surface area contributed by atoms with Crippen LogP contribution in [0.5, 0.6) is 0 Å². The van der Waals surface area contributed by atoms with Crippen molar-refractivity contribution in [2.75, 3.05) is 17.8 Å². The Morgan fingerprint density at radius 1 is 1.47 bits per heavy atom. The summed E-state index contributed by atoms with van der Waals surface area (Å²) in [7, 11) is -3.01. The van der Waals surface area contributed by atoms with E-state index in [1.165, 1.54) is 30.0 Å². The maximum atomic E-state index is 13.5. The van der Waals surface area contributed by atoms with Gasteiger partial charge in [-0.25, -0.2) is 18.7 Å². The van der Waals surface area contributed by atoms with Gasteiger partial charge in [-0.1, -0.05) is 0 Å². The smallest absolute Gasteiger partial charge is 0.265 e. The summed E-state index contributed by atoms with van der Waals surface area (Å²) in [4.78, 5) is 11.3. The van der Waals surface area contributed by atoms with Crippen LogP contribution in [0.25, 0.3) is 0 Å². The van der Waals surface area contributed by atoms with Crippen molar-refractivity contribution < 1.29 is 17.6 Å². The number of benzene rings is 1. The first-order chi connectivity index (χ1) is 8.83. The molecule has 0 saturated carbocycles. The normalized spacial score (nSPS) is 11.3. The van der Waals surface area contributed by atoms with E-state index in [2.05, 4.69) is 0 Å². The number of hydrogen-bond acceptors (Lipinski definition) is 5. The van der Waals surface area contributed by atoms with Gasteiger partial charge in [-0.15, -0.1) is 0 Å². The summed E-state index contributed by atoms with van der Waals surface area (Å²) >= 11 is 1.29. The zero-order valence-electron chi connectivity index (χ0n) is 10.3. The van der Waals surface area contributed by atoms with Crippen molar-refractivity contribution in [2.24, 2.45) is 5.84 Å². The Morgan fingerprint density at radius 2 is 2.16 bits per heavy atom. The number of amides is 1. The fourth-order valence-electron chi connectivity index (χ4n) is 1.30. The van der Waals surface area contributed by atoms with Gasteiger partial charge in [0.05, 0.1) is 5.75 Å². The molecule has 0 atom stereocenters. The van der Waals surface area contributed by atoms with Crippen LogP contribution in [0.2, 0.25) is 0 Å². The third kappa shape index (κ3) is 5.58. The van der Waals surface area contributed by atoms with Gasteiger partial charge < -0.3 is 0 Å². The van der Waals surface area contributed by atoms with Gasteiger partial charge in [0.25, 0.3) is 5.91 Å². The second-order valence-corrected chi connectivity index (χ2v) is 7.33. The standard InChI is InChI=1S/C11H15FN2O3S2/c1-19(16,17)5-4-18-7-9-6-8(11(15)14-13)2-3-10(9)12/h2-3,6H,4-5,7,13H2,1H3,(H,14,15). The Labute approximate surface area is 115 Å². The Morgan fingerprint density at radius 3 is 2.74 bits per heavy atom. The first-order valence-electron chi connectivity index (χ1n) is 5.38. The molecule has 0 aliphatic rings. The summed E-state index contributed by atoms with van der Waals surface area (Å²) < 4.78 is 35.4. The van der Waals surface area contributed by atoms with Crippen molar-refractivity contribution in [2.45, 2.75) is 5.75 Å². The van der Waals surface area contributed by atoms with Gasteiger partial charge in [0.15, 0.2) is 0 Å². The van der Waals surface area contributed by atoms with Crippen LogP contribution in [0, 0.1) is 5.82 Å². The zero-order chi connectivity index (χ0) is 14.5. The number of nitrogens with one attached hydrogen (secondary N) is 1. The molecule has 0 bridgehead atoms. The van der Waals surface area contributed by atoms with E-state index in [0.717, 1.165) is 6.26 Å². The fraction of sp³-hybridized carbons (Fsp3) is 0.364. The maximum absolute atomic E-state index is 13.5.